The van der Waals surface area contributed by atoms with Crippen LogP contribution in [0.2, 0.25) is 5.02 Å². The average Bonchev–Trinajstić information content (AvgIpc) is 3.55. The lowest BCUT2D eigenvalue weighted by Gasteiger charge is -2.34. The molecular formula is C36H38ClN3O4S. The SMILES string of the molecule is Cc1ccc(S(=O)(=O)N(CC(=O)N(Cc2ccccc2)[C@@H](Cc2ccccc2)C(=O)NC2CCCC2)c2cccc(Cl)c2)cc1. The molecule has 0 spiro atoms. The van der Waals surface area contributed by atoms with E-state index in [0.717, 1.165) is 46.7 Å². The Hall–Kier alpha value is -4.14. The zero-order chi connectivity index (χ0) is 31.8. The summed E-state index contributed by atoms with van der Waals surface area (Å²) >= 11 is 6.31. The average molecular weight is 644 g/mol. The van der Waals surface area contributed by atoms with Gasteiger partial charge in [-0.1, -0.05) is 109 Å². The summed E-state index contributed by atoms with van der Waals surface area (Å²) in [7, 11) is -4.19. The molecule has 4 aromatic carbocycles. The number of sulfonamides is 1. The molecular weight excluding hydrogens is 606 g/mol. The maximum atomic E-state index is 14.5. The molecule has 1 N–H and O–H groups in total. The Morgan fingerprint density at radius 1 is 0.844 bits per heavy atom. The third kappa shape index (κ3) is 8.32. The highest BCUT2D eigenvalue weighted by Gasteiger charge is 2.35. The van der Waals surface area contributed by atoms with Crippen LogP contribution < -0.4 is 9.62 Å². The largest absolute Gasteiger partial charge is 0.352 e. The van der Waals surface area contributed by atoms with Crippen molar-refractivity contribution in [3.05, 3.63) is 131 Å². The molecule has 5 rings (SSSR count). The first-order valence-electron chi connectivity index (χ1n) is 15.2. The molecule has 0 bridgehead atoms. The quantitative estimate of drug-likeness (QED) is 0.190. The number of nitrogens with one attached hydrogen (secondary N) is 1. The summed E-state index contributed by atoms with van der Waals surface area (Å²) in [6.07, 6.45) is 4.17. The van der Waals surface area contributed by atoms with Crippen LogP contribution in [0.5, 0.6) is 0 Å². The van der Waals surface area contributed by atoms with E-state index in [0.29, 0.717) is 5.02 Å². The maximum absolute atomic E-state index is 14.5. The van der Waals surface area contributed by atoms with Crippen molar-refractivity contribution in [2.45, 2.75) is 62.6 Å². The number of halogens is 1. The van der Waals surface area contributed by atoms with Gasteiger partial charge in [0.15, 0.2) is 0 Å². The minimum atomic E-state index is -4.19. The molecule has 0 radical (unpaired) electrons. The maximum Gasteiger partial charge on any atom is 0.264 e. The van der Waals surface area contributed by atoms with E-state index in [4.69, 9.17) is 11.6 Å². The van der Waals surface area contributed by atoms with Crippen LogP contribution in [-0.2, 0) is 32.6 Å². The van der Waals surface area contributed by atoms with Gasteiger partial charge in [-0.3, -0.25) is 13.9 Å². The van der Waals surface area contributed by atoms with Gasteiger partial charge in [0.05, 0.1) is 10.6 Å². The number of nitrogens with zero attached hydrogens (tertiary/aromatic N) is 2. The van der Waals surface area contributed by atoms with E-state index < -0.39 is 28.5 Å². The number of hydrogen-bond acceptors (Lipinski definition) is 4. The fraction of sp³-hybridized carbons (Fsp3) is 0.278. The molecule has 7 nitrogen and oxygen atoms in total. The molecule has 0 unspecified atom stereocenters. The van der Waals surface area contributed by atoms with Crippen LogP contribution in [0.15, 0.2) is 114 Å². The second-order valence-corrected chi connectivity index (χ2v) is 13.8. The van der Waals surface area contributed by atoms with Crippen LogP contribution in [-0.4, -0.2) is 43.8 Å². The van der Waals surface area contributed by atoms with Gasteiger partial charge in [-0.15, -0.1) is 0 Å². The van der Waals surface area contributed by atoms with Crippen LogP contribution in [0.25, 0.3) is 0 Å². The monoisotopic (exact) mass is 643 g/mol. The number of aryl methyl sites for hydroxylation is 1. The lowest BCUT2D eigenvalue weighted by molar-refractivity contribution is -0.140. The van der Waals surface area contributed by atoms with E-state index >= 15 is 0 Å². The molecule has 0 heterocycles. The molecule has 1 aliphatic carbocycles. The standard InChI is InChI=1S/C36H38ClN3O4S/c1-27-19-21-33(22-20-27)45(43,44)40(32-18-10-15-30(37)24-32)26-35(41)39(25-29-13-6-3-7-14-29)34(23-28-11-4-2-5-12-28)36(42)38-31-16-8-9-17-31/h2-7,10-15,18-22,24,31,34H,8-9,16-17,23,25-26H2,1H3,(H,38,42)/t34-/m0/s1. The van der Waals surface area contributed by atoms with E-state index in [1.54, 1.807) is 30.3 Å². The molecule has 0 saturated heterocycles. The zero-order valence-electron chi connectivity index (χ0n) is 25.3. The number of carbonyl (C=O) groups excluding carboxylic acids is 2. The minimum Gasteiger partial charge on any atom is -0.352 e. The van der Waals surface area contributed by atoms with E-state index in [-0.39, 0.29) is 35.5 Å². The number of anilines is 1. The second kappa shape index (κ2) is 14.8. The van der Waals surface area contributed by atoms with Gasteiger partial charge in [0.1, 0.15) is 12.6 Å². The number of amides is 2. The lowest BCUT2D eigenvalue weighted by atomic mass is 10.0. The van der Waals surface area contributed by atoms with Crippen molar-refractivity contribution in [2.24, 2.45) is 0 Å². The van der Waals surface area contributed by atoms with E-state index in [9.17, 15) is 18.0 Å². The Morgan fingerprint density at radius 3 is 2.09 bits per heavy atom. The number of hydrogen-bond donors (Lipinski definition) is 1. The Bertz CT molecular complexity index is 1690. The van der Waals surface area contributed by atoms with Gasteiger partial charge in [0.2, 0.25) is 11.8 Å². The van der Waals surface area contributed by atoms with Crippen LogP contribution in [0.3, 0.4) is 0 Å². The Morgan fingerprint density at radius 2 is 1.47 bits per heavy atom. The first-order valence-corrected chi connectivity index (χ1v) is 17.1. The molecule has 1 fully saturated rings. The molecule has 4 aromatic rings. The Balaban J connectivity index is 1.55. The van der Waals surface area contributed by atoms with Gasteiger partial charge in [-0.05, 0) is 61.2 Å². The molecule has 45 heavy (non-hydrogen) atoms. The second-order valence-electron chi connectivity index (χ2n) is 11.5. The third-order valence-electron chi connectivity index (χ3n) is 8.15. The molecule has 0 aliphatic heterocycles. The summed E-state index contributed by atoms with van der Waals surface area (Å²) < 4.78 is 29.3. The fourth-order valence-electron chi connectivity index (χ4n) is 5.70. The minimum absolute atomic E-state index is 0.0503. The topological polar surface area (TPSA) is 86.8 Å². The third-order valence-corrected chi connectivity index (χ3v) is 10.2. The predicted molar refractivity (Wildman–Crippen MR) is 178 cm³/mol. The van der Waals surface area contributed by atoms with E-state index in [2.05, 4.69) is 5.32 Å². The fourth-order valence-corrected chi connectivity index (χ4v) is 7.29. The first kappa shape index (κ1) is 32.3. The first-order chi connectivity index (χ1) is 21.7. The van der Waals surface area contributed by atoms with Gasteiger partial charge in [-0.2, -0.15) is 0 Å². The zero-order valence-corrected chi connectivity index (χ0v) is 26.9. The van der Waals surface area contributed by atoms with Crippen molar-refractivity contribution in [3.8, 4) is 0 Å². The molecule has 1 saturated carbocycles. The molecule has 9 heteroatoms. The van der Waals surface area contributed by atoms with Crippen molar-refractivity contribution in [1.29, 1.82) is 0 Å². The number of carbonyl (C=O) groups is 2. The predicted octanol–water partition coefficient (Wildman–Crippen LogP) is 6.54. The molecule has 234 valence electrons. The highest BCUT2D eigenvalue weighted by atomic mass is 35.5. The van der Waals surface area contributed by atoms with Crippen LogP contribution in [0.4, 0.5) is 5.69 Å². The van der Waals surface area contributed by atoms with Gasteiger partial charge >= 0.3 is 0 Å². The summed E-state index contributed by atoms with van der Waals surface area (Å²) in [5, 5.41) is 3.53. The van der Waals surface area contributed by atoms with Gasteiger partial charge in [-0.25, -0.2) is 8.42 Å². The normalized spacial score (nSPS) is 14.1. The van der Waals surface area contributed by atoms with E-state index in [1.807, 2.05) is 67.6 Å². The van der Waals surface area contributed by atoms with Gasteiger partial charge < -0.3 is 10.2 Å². The van der Waals surface area contributed by atoms with Crippen molar-refractivity contribution in [1.82, 2.24) is 10.2 Å². The Kier molecular flexibility index (Phi) is 10.6. The summed E-state index contributed by atoms with van der Waals surface area (Å²) in [6.45, 7) is 1.48. The van der Waals surface area contributed by atoms with Crippen LogP contribution in [0, 0.1) is 6.92 Å². The molecule has 0 aromatic heterocycles. The van der Waals surface area contributed by atoms with Crippen molar-refractivity contribution in [3.63, 3.8) is 0 Å². The molecule has 2 amide bonds. The van der Waals surface area contributed by atoms with Gasteiger partial charge in [0, 0.05) is 24.0 Å². The summed E-state index contributed by atoms with van der Waals surface area (Å²) in [5.74, 6) is -0.747. The van der Waals surface area contributed by atoms with Gasteiger partial charge in [0.25, 0.3) is 10.0 Å². The Labute approximate surface area is 270 Å². The number of rotatable bonds is 12. The van der Waals surface area contributed by atoms with Crippen molar-refractivity contribution in [2.75, 3.05) is 10.8 Å². The van der Waals surface area contributed by atoms with E-state index in [1.165, 1.54) is 23.1 Å². The van der Waals surface area contributed by atoms with Crippen molar-refractivity contribution < 1.29 is 18.0 Å². The van der Waals surface area contributed by atoms with Crippen LogP contribution in [0.1, 0.15) is 42.4 Å². The summed E-state index contributed by atoms with van der Waals surface area (Å²) in [6, 6.07) is 31.1. The highest BCUT2D eigenvalue weighted by molar-refractivity contribution is 7.92. The molecule has 1 aliphatic rings. The van der Waals surface area contributed by atoms with Crippen LogP contribution >= 0.6 is 11.6 Å². The highest BCUT2D eigenvalue weighted by Crippen LogP contribution is 2.28. The summed E-state index contributed by atoms with van der Waals surface area (Å²) in [5.41, 5.74) is 2.89. The lowest BCUT2D eigenvalue weighted by Crippen LogP contribution is -2.54. The molecule has 1 atom stereocenters. The summed E-state index contributed by atoms with van der Waals surface area (Å²) in [4.78, 5) is 30.1. The smallest absolute Gasteiger partial charge is 0.264 e. The number of benzene rings is 4. The van der Waals surface area contributed by atoms with Crippen molar-refractivity contribution >= 4 is 39.1 Å².